The Morgan fingerprint density at radius 1 is 1.21 bits per heavy atom. The van der Waals surface area contributed by atoms with Crippen LogP contribution in [0.2, 0.25) is 0 Å². The molecule has 1 heterocycles. The number of alkyl halides is 1. The maximum Gasteiger partial charge on any atom is 0.141 e. The normalized spacial score (nSPS) is 12.5. The minimum atomic E-state index is -0.937. The van der Waals surface area contributed by atoms with Gasteiger partial charge in [-0.2, -0.15) is 0 Å². The molecule has 5 heteroatoms. The minimum absolute atomic E-state index is 0.156. The molecule has 19 heavy (non-hydrogen) atoms. The van der Waals surface area contributed by atoms with Crippen LogP contribution >= 0.6 is 11.6 Å². The van der Waals surface area contributed by atoms with Crippen LogP contribution in [0.5, 0.6) is 0 Å². The standard InChI is InChI=1S/C14H11BClF2N/c1-7-3-4-10(17)12(14(7)18)13(16)9-6-19-11(15)5-8(9)2/h3-6,13H,1-2H3. The van der Waals surface area contributed by atoms with E-state index in [9.17, 15) is 8.78 Å². The fraction of sp³-hybridized carbons (Fsp3) is 0.214. The van der Waals surface area contributed by atoms with Gasteiger partial charge in [0.1, 0.15) is 19.5 Å². The van der Waals surface area contributed by atoms with Gasteiger partial charge in [-0.25, -0.2) is 8.78 Å². The Kier molecular flexibility index (Phi) is 3.90. The Morgan fingerprint density at radius 2 is 1.89 bits per heavy atom. The van der Waals surface area contributed by atoms with Crippen molar-refractivity contribution in [3.8, 4) is 0 Å². The first kappa shape index (κ1) is 14.0. The van der Waals surface area contributed by atoms with Crippen molar-refractivity contribution < 1.29 is 8.78 Å². The maximum absolute atomic E-state index is 14.0. The highest BCUT2D eigenvalue weighted by Crippen LogP contribution is 2.34. The number of aromatic nitrogens is 1. The first-order valence-electron chi connectivity index (χ1n) is 5.72. The van der Waals surface area contributed by atoms with Gasteiger partial charge in [-0.1, -0.05) is 6.07 Å². The molecule has 0 saturated heterocycles. The lowest BCUT2D eigenvalue weighted by molar-refractivity contribution is 0.553. The molecule has 2 radical (unpaired) electrons. The lowest BCUT2D eigenvalue weighted by Crippen LogP contribution is -2.12. The van der Waals surface area contributed by atoms with Crippen molar-refractivity contribution >= 4 is 25.0 Å². The maximum atomic E-state index is 14.0. The quantitative estimate of drug-likeness (QED) is 0.607. The third kappa shape index (κ3) is 2.64. The fourth-order valence-corrected chi connectivity index (χ4v) is 2.35. The van der Waals surface area contributed by atoms with Gasteiger partial charge < -0.3 is 0 Å². The van der Waals surface area contributed by atoms with Crippen LogP contribution in [0.3, 0.4) is 0 Å². The van der Waals surface area contributed by atoms with Crippen LogP contribution in [0.1, 0.15) is 27.6 Å². The number of hydrogen-bond donors (Lipinski definition) is 0. The molecule has 1 nitrogen and oxygen atoms in total. The lowest BCUT2D eigenvalue weighted by atomic mass is 9.95. The molecule has 0 bridgehead atoms. The van der Waals surface area contributed by atoms with Crippen molar-refractivity contribution in [2.45, 2.75) is 19.2 Å². The van der Waals surface area contributed by atoms with E-state index >= 15 is 0 Å². The largest absolute Gasteiger partial charge is 0.273 e. The summed E-state index contributed by atoms with van der Waals surface area (Å²) in [5, 5.41) is -0.937. The highest BCUT2D eigenvalue weighted by atomic mass is 35.5. The highest BCUT2D eigenvalue weighted by Gasteiger charge is 2.22. The monoisotopic (exact) mass is 277 g/mol. The van der Waals surface area contributed by atoms with E-state index in [1.165, 1.54) is 18.3 Å². The molecule has 0 aliphatic heterocycles. The molecule has 96 valence electrons. The van der Waals surface area contributed by atoms with Crippen molar-refractivity contribution in [1.82, 2.24) is 4.98 Å². The molecule has 0 aliphatic carbocycles. The van der Waals surface area contributed by atoms with E-state index < -0.39 is 17.0 Å². The molecule has 0 N–H and O–H groups in total. The van der Waals surface area contributed by atoms with Crippen LogP contribution in [0.25, 0.3) is 0 Å². The summed E-state index contributed by atoms with van der Waals surface area (Å²) in [5.74, 6) is -1.30. The van der Waals surface area contributed by atoms with Gasteiger partial charge in [0, 0.05) is 11.8 Å². The summed E-state index contributed by atoms with van der Waals surface area (Å²) in [7, 11) is 5.55. The van der Waals surface area contributed by atoms with Crippen LogP contribution in [0.15, 0.2) is 24.4 Å². The van der Waals surface area contributed by atoms with Crippen molar-refractivity contribution in [1.29, 1.82) is 0 Å². The van der Waals surface area contributed by atoms with Gasteiger partial charge in [0.25, 0.3) is 0 Å². The predicted octanol–water partition coefficient (Wildman–Crippen LogP) is 3.10. The second-order valence-electron chi connectivity index (χ2n) is 4.42. The van der Waals surface area contributed by atoms with Crippen LogP contribution < -0.4 is 5.59 Å². The molecule has 1 atom stereocenters. The molecule has 0 amide bonds. The number of benzene rings is 1. The van der Waals surface area contributed by atoms with E-state index in [1.807, 2.05) is 0 Å². The van der Waals surface area contributed by atoms with Crippen molar-refractivity contribution in [2.24, 2.45) is 0 Å². The van der Waals surface area contributed by atoms with E-state index in [-0.39, 0.29) is 5.56 Å². The Balaban J connectivity index is 2.56. The SMILES string of the molecule is [B]c1cc(C)c(C(Cl)c2c(F)ccc(C)c2F)cn1. The zero-order chi connectivity index (χ0) is 14.2. The number of nitrogens with zero attached hydrogens (tertiary/aromatic N) is 1. The summed E-state index contributed by atoms with van der Waals surface area (Å²) in [6.45, 7) is 3.34. The molecular formula is C14H11BClF2N. The Labute approximate surface area is 117 Å². The summed E-state index contributed by atoms with van der Waals surface area (Å²) >= 11 is 6.21. The van der Waals surface area contributed by atoms with Gasteiger partial charge in [-0.3, -0.25) is 4.98 Å². The van der Waals surface area contributed by atoms with Gasteiger partial charge in [0.15, 0.2) is 0 Å². The average molecular weight is 278 g/mol. The Hall–Kier alpha value is -1.42. The molecule has 0 saturated carbocycles. The number of pyridine rings is 1. The molecule has 1 aromatic heterocycles. The van der Waals surface area contributed by atoms with Crippen LogP contribution in [0.4, 0.5) is 8.78 Å². The number of hydrogen-bond acceptors (Lipinski definition) is 1. The molecule has 0 aliphatic rings. The van der Waals surface area contributed by atoms with Crippen LogP contribution in [-0.2, 0) is 0 Å². The third-order valence-electron chi connectivity index (χ3n) is 3.02. The second kappa shape index (κ2) is 5.29. The van der Waals surface area contributed by atoms with E-state index in [1.54, 1.807) is 19.9 Å². The number of rotatable bonds is 2. The molecule has 1 unspecified atom stereocenters. The van der Waals surface area contributed by atoms with Crippen molar-refractivity contribution in [3.05, 3.63) is 58.3 Å². The lowest BCUT2D eigenvalue weighted by Gasteiger charge is -2.16. The predicted molar refractivity (Wildman–Crippen MR) is 73.2 cm³/mol. The summed E-state index contributed by atoms with van der Waals surface area (Å²) in [6.07, 6.45) is 1.45. The topological polar surface area (TPSA) is 12.9 Å². The number of aryl methyl sites for hydroxylation is 2. The molecule has 1 aromatic carbocycles. The second-order valence-corrected chi connectivity index (χ2v) is 4.86. The average Bonchev–Trinajstić information content (AvgIpc) is 2.34. The highest BCUT2D eigenvalue weighted by molar-refractivity contribution is 6.30. The summed E-state index contributed by atoms with van der Waals surface area (Å²) < 4.78 is 27.8. The smallest absolute Gasteiger partial charge is 0.141 e. The Morgan fingerprint density at radius 3 is 2.53 bits per heavy atom. The molecule has 2 aromatic rings. The van der Waals surface area contributed by atoms with E-state index in [4.69, 9.17) is 19.4 Å². The Bertz CT molecular complexity index is 631. The number of halogens is 3. The summed E-state index contributed by atoms with van der Waals surface area (Å²) in [4.78, 5) is 3.92. The van der Waals surface area contributed by atoms with Gasteiger partial charge in [-0.05, 0) is 48.3 Å². The van der Waals surface area contributed by atoms with Crippen LogP contribution in [-0.4, -0.2) is 12.8 Å². The summed E-state index contributed by atoms with van der Waals surface area (Å²) in [6, 6.07) is 4.21. The zero-order valence-electron chi connectivity index (χ0n) is 10.5. The minimum Gasteiger partial charge on any atom is -0.273 e. The zero-order valence-corrected chi connectivity index (χ0v) is 11.3. The van der Waals surface area contributed by atoms with Gasteiger partial charge in [0.05, 0.1) is 5.38 Å². The van der Waals surface area contributed by atoms with Crippen LogP contribution in [0, 0.1) is 25.5 Å². The van der Waals surface area contributed by atoms with Gasteiger partial charge in [-0.15, -0.1) is 11.6 Å². The first-order chi connectivity index (χ1) is 8.91. The molecular weight excluding hydrogens is 266 g/mol. The van der Waals surface area contributed by atoms with Gasteiger partial charge in [0.2, 0.25) is 0 Å². The van der Waals surface area contributed by atoms with E-state index in [0.29, 0.717) is 16.7 Å². The third-order valence-corrected chi connectivity index (χ3v) is 3.47. The van der Waals surface area contributed by atoms with E-state index in [2.05, 4.69) is 4.98 Å². The molecule has 2 rings (SSSR count). The molecule has 0 spiro atoms. The molecule has 0 fully saturated rings. The fourth-order valence-electron chi connectivity index (χ4n) is 1.92. The first-order valence-corrected chi connectivity index (χ1v) is 6.16. The van der Waals surface area contributed by atoms with Crippen molar-refractivity contribution in [3.63, 3.8) is 0 Å². The van der Waals surface area contributed by atoms with E-state index in [0.717, 1.165) is 5.56 Å². The summed E-state index contributed by atoms with van der Waals surface area (Å²) in [5.41, 5.74) is 1.82. The van der Waals surface area contributed by atoms with Gasteiger partial charge >= 0.3 is 0 Å². The van der Waals surface area contributed by atoms with Crippen molar-refractivity contribution in [2.75, 3.05) is 0 Å².